The minimum atomic E-state index is 0.173. The van der Waals surface area contributed by atoms with Gasteiger partial charge in [0.05, 0.1) is 0 Å². The lowest BCUT2D eigenvalue weighted by Gasteiger charge is -2.20. The van der Waals surface area contributed by atoms with Gasteiger partial charge in [-0.2, -0.15) is 0 Å². The van der Waals surface area contributed by atoms with Crippen LogP contribution in [0.5, 0.6) is 11.5 Å². The van der Waals surface area contributed by atoms with Gasteiger partial charge in [0, 0.05) is 0 Å². The second-order valence-corrected chi connectivity index (χ2v) is 6.10. The predicted molar refractivity (Wildman–Crippen MR) is 81.1 cm³/mol. The molecule has 100 valence electrons. The molecule has 1 heteroatoms. The van der Waals surface area contributed by atoms with E-state index in [9.17, 15) is 0 Å². The van der Waals surface area contributed by atoms with Gasteiger partial charge in [0.2, 0.25) is 0 Å². The molecule has 0 aliphatic rings. The first-order valence-electron chi connectivity index (χ1n) is 6.72. The minimum Gasteiger partial charge on any atom is -0.457 e. The number of hydrogen-bond donors (Lipinski definition) is 0. The van der Waals surface area contributed by atoms with Crippen molar-refractivity contribution in [1.29, 1.82) is 0 Å². The van der Waals surface area contributed by atoms with Crippen LogP contribution in [0.15, 0.2) is 42.5 Å². The Bertz CT molecular complexity index is 576. The van der Waals surface area contributed by atoms with E-state index in [0.717, 1.165) is 17.1 Å². The SMILES string of the molecule is Cc1ccccc1Oc1ccc(C(C)(C)C)cc1C. The second kappa shape index (κ2) is 5.08. The van der Waals surface area contributed by atoms with Crippen molar-refractivity contribution in [2.45, 2.75) is 40.0 Å². The van der Waals surface area contributed by atoms with Gasteiger partial charge < -0.3 is 4.74 Å². The van der Waals surface area contributed by atoms with E-state index in [4.69, 9.17) is 4.74 Å². The Balaban J connectivity index is 2.30. The number of para-hydroxylation sites is 1. The Morgan fingerprint density at radius 2 is 1.42 bits per heavy atom. The van der Waals surface area contributed by atoms with Crippen molar-refractivity contribution >= 4 is 0 Å². The van der Waals surface area contributed by atoms with Crippen molar-refractivity contribution in [3.63, 3.8) is 0 Å². The van der Waals surface area contributed by atoms with Crippen LogP contribution in [0.2, 0.25) is 0 Å². The lowest BCUT2D eigenvalue weighted by molar-refractivity contribution is 0.474. The largest absolute Gasteiger partial charge is 0.457 e. The van der Waals surface area contributed by atoms with Crippen LogP contribution < -0.4 is 4.74 Å². The zero-order valence-electron chi connectivity index (χ0n) is 12.4. The zero-order chi connectivity index (χ0) is 14.0. The normalized spacial score (nSPS) is 11.4. The summed E-state index contributed by atoms with van der Waals surface area (Å²) in [5.74, 6) is 1.86. The van der Waals surface area contributed by atoms with E-state index >= 15 is 0 Å². The van der Waals surface area contributed by atoms with Gasteiger partial charge in [-0.05, 0) is 48.1 Å². The molecule has 0 spiro atoms. The van der Waals surface area contributed by atoms with Gasteiger partial charge in [-0.1, -0.05) is 51.1 Å². The van der Waals surface area contributed by atoms with Crippen LogP contribution in [0, 0.1) is 13.8 Å². The quantitative estimate of drug-likeness (QED) is 0.697. The molecule has 2 aromatic carbocycles. The lowest BCUT2D eigenvalue weighted by Crippen LogP contribution is -2.11. The van der Waals surface area contributed by atoms with Gasteiger partial charge in [0.25, 0.3) is 0 Å². The van der Waals surface area contributed by atoms with Crippen LogP contribution in [0.3, 0.4) is 0 Å². The maximum atomic E-state index is 6.01. The number of rotatable bonds is 2. The molecule has 0 aliphatic carbocycles. The highest BCUT2D eigenvalue weighted by molar-refractivity contribution is 5.43. The first kappa shape index (κ1) is 13.7. The first-order valence-corrected chi connectivity index (χ1v) is 6.72. The van der Waals surface area contributed by atoms with Gasteiger partial charge >= 0.3 is 0 Å². The highest BCUT2D eigenvalue weighted by atomic mass is 16.5. The number of hydrogen-bond acceptors (Lipinski definition) is 1. The van der Waals surface area contributed by atoms with Crippen LogP contribution in [-0.4, -0.2) is 0 Å². The summed E-state index contributed by atoms with van der Waals surface area (Å²) in [6, 6.07) is 14.5. The van der Waals surface area contributed by atoms with Crippen LogP contribution in [0.4, 0.5) is 0 Å². The summed E-state index contributed by atoms with van der Waals surface area (Å²) in [5.41, 5.74) is 3.84. The molecule has 1 nitrogen and oxygen atoms in total. The molecule has 0 fully saturated rings. The molecular weight excluding hydrogens is 232 g/mol. The molecule has 0 saturated carbocycles. The monoisotopic (exact) mass is 254 g/mol. The summed E-state index contributed by atoms with van der Waals surface area (Å²) < 4.78 is 6.01. The fourth-order valence-corrected chi connectivity index (χ4v) is 2.02. The van der Waals surface area contributed by atoms with Gasteiger partial charge in [-0.3, -0.25) is 0 Å². The van der Waals surface area contributed by atoms with E-state index in [0.29, 0.717) is 0 Å². The number of ether oxygens (including phenoxy) is 1. The molecule has 0 atom stereocenters. The molecule has 2 rings (SSSR count). The van der Waals surface area contributed by atoms with Crippen molar-refractivity contribution in [1.82, 2.24) is 0 Å². The Hall–Kier alpha value is -1.76. The van der Waals surface area contributed by atoms with Crippen molar-refractivity contribution in [3.05, 3.63) is 59.2 Å². The Morgan fingerprint density at radius 1 is 0.789 bits per heavy atom. The van der Waals surface area contributed by atoms with Crippen molar-refractivity contribution in [2.24, 2.45) is 0 Å². The Kier molecular flexibility index (Phi) is 3.66. The fraction of sp³-hybridized carbons (Fsp3) is 0.333. The summed E-state index contributed by atoms with van der Waals surface area (Å²) in [6.07, 6.45) is 0. The molecule has 0 aliphatic heterocycles. The van der Waals surface area contributed by atoms with E-state index in [1.165, 1.54) is 11.1 Å². The minimum absolute atomic E-state index is 0.173. The van der Waals surface area contributed by atoms with Gasteiger partial charge in [-0.25, -0.2) is 0 Å². The third-order valence-electron chi connectivity index (χ3n) is 3.35. The second-order valence-electron chi connectivity index (χ2n) is 6.10. The Morgan fingerprint density at radius 3 is 2.00 bits per heavy atom. The molecule has 0 heterocycles. The summed E-state index contributed by atoms with van der Waals surface area (Å²) in [6.45, 7) is 10.8. The van der Waals surface area contributed by atoms with Crippen molar-refractivity contribution in [3.8, 4) is 11.5 Å². The van der Waals surface area contributed by atoms with Crippen molar-refractivity contribution in [2.75, 3.05) is 0 Å². The van der Waals surface area contributed by atoms with E-state index in [1.807, 2.05) is 18.2 Å². The molecule has 0 unspecified atom stereocenters. The molecule has 0 amide bonds. The predicted octanol–water partition coefficient (Wildman–Crippen LogP) is 5.39. The highest BCUT2D eigenvalue weighted by Crippen LogP contribution is 2.31. The average molecular weight is 254 g/mol. The Labute approximate surface area is 116 Å². The highest BCUT2D eigenvalue weighted by Gasteiger charge is 2.15. The van der Waals surface area contributed by atoms with Crippen LogP contribution in [0.25, 0.3) is 0 Å². The third kappa shape index (κ3) is 3.17. The molecule has 19 heavy (non-hydrogen) atoms. The average Bonchev–Trinajstić information content (AvgIpc) is 2.33. The summed E-state index contributed by atoms with van der Waals surface area (Å²) in [7, 11) is 0. The molecule has 0 radical (unpaired) electrons. The summed E-state index contributed by atoms with van der Waals surface area (Å²) in [4.78, 5) is 0. The standard InChI is InChI=1S/C18H22O/c1-13-8-6-7-9-16(13)19-17-11-10-15(12-14(17)2)18(3,4)5/h6-12H,1-5H3. The topological polar surface area (TPSA) is 9.23 Å². The third-order valence-corrected chi connectivity index (χ3v) is 3.35. The van der Waals surface area contributed by atoms with Gasteiger partial charge in [0.15, 0.2) is 0 Å². The fourth-order valence-electron chi connectivity index (χ4n) is 2.02. The van der Waals surface area contributed by atoms with E-state index in [-0.39, 0.29) is 5.41 Å². The number of benzene rings is 2. The van der Waals surface area contributed by atoms with Crippen LogP contribution in [0.1, 0.15) is 37.5 Å². The number of aryl methyl sites for hydroxylation is 2. The molecule has 2 aromatic rings. The molecule has 0 aromatic heterocycles. The van der Waals surface area contributed by atoms with E-state index in [1.54, 1.807) is 0 Å². The maximum Gasteiger partial charge on any atom is 0.130 e. The zero-order valence-corrected chi connectivity index (χ0v) is 12.4. The molecular formula is C18H22O. The van der Waals surface area contributed by atoms with Gasteiger partial charge in [0.1, 0.15) is 11.5 Å². The van der Waals surface area contributed by atoms with E-state index < -0.39 is 0 Å². The summed E-state index contributed by atoms with van der Waals surface area (Å²) >= 11 is 0. The molecule has 0 saturated heterocycles. The lowest BCUT2D eigenvalue weighted by atomic mass is 9.86. The summed E-state index contributed by atoms with van der Waals surface area (Å²) in [5, 5.41) is 0. The van der Waals surface area contributed by atoms with Gasteiger partial charge in [-0.15, -0.1) is 0 Å². The van der Waals surface area contributed by atoms with E-state index in [2.05, 4.69) is 58.9 Å². The maximum absolute atomic E-state index is 6.01. The van der Waals surface area contributed by atoms with Crippen LogP contribution >= 0.6 is 0 Å². The van der Waals surface area contributed by atoms with Crippen molar-refractivity contribution < 1.29 is 4.74 Å². The molecule has 0 N–H and O–H groups in total. The first-order chi connectivity index (χ1) is 8.88. The molecule has 0 bridgehead atoms. The van der Waals surface area contributed by atoms with Crippen LogP contribution in [-0.2, 0) is 5.41 Å². The smallest absolute Gasteiger partial charge is 0.130 e.